The second kappa shape index (κ2) is 12.0. The summed E-state index contributed by atoms with van der Waals surface area (Å²) in [6.45, 7) is 5.12. The molecule has 0 unspecified atom stereocenters. The molecule has 0 spiro atoms. The van der Waals surface area contributed by atoms with Crippen LogP contribution in [0.4, 0.5) is 10.2 Å². The average molecular weight is 598 g/mol. The van der Waals surface area contributed by atoms with Gasteiger partial charge in [-0.3, -0.25) is 19.3 Å². The molecule has 0 N–H and O–H groups in total. The number of amides is 3. The van der Waals surface area contributed by atoms with Crippen LogP contribution in [0.3, 0.4) is 0 Å². The number of fused-ring (bicyclic) bond motifs is 1. The highest BCUT2D eigenvalue weighted by atomic mass is 32.2. The van der Waals surface area contributed by atoms with Gasteiger partial charge in [0.05, 0.1) is 22.4 Å². The van der Waals surface area contributed by atoms with Crippen molar-refractivity contribution < 1.29 is 18.8 Å². The lowest BCUT2D eigenvalue weighted by molar-refractivity contribution is -0.137. The molecule has 4 aromatic rings. The Balaban J connectivity index is 1.52. The molecule has 220 valence electrons. The molecule has 6 rings (SSSR count). The van der Waals surface area contributed by atoms with Crippen LogP contribution in [0, 0.1) is 12.7 Å². The first-order chi connectivity index (χ1) is 20.8. The van der Waals surface area contributed by atoms with Gasteiger partial charge in [-0.15, -0.1) is 11.8 Å². The molecule has 2 aliphatic heterocycles. The molecule has 1 saturated heterocycles. The minimum Gasteiger partial charge on any atom is -0.339 e. The van der Waals surface area contributed by atoms with Crippen LogP contribution in [0.2, 0.25) is 0 Å². The lowest BCUT2D eigenvalue weighted by Gasteiger charge is -2.35. The van der Waals surface area contributed by atoms with E-state index in [1.54, 1.807) is 31.5 Å². The number of benzene rings is 3. The standard InChI is InChI=1S/C33H32FN5O3S/c1-22-8-6-7-11-27(22)32-30-31(24-9-4-3-5-10-24)35-39(26-14-12-25(34)13-15-26)33(30)38(29(42)21-43-32)20-28(41)37-18-16-36(17-19-37)23(2)40/h3-15,32H,16-21H2,1-2H3/t32-/m1/s1. The van der Waals surface area contributed by atoms with Crippen LogP contribution < -0.4 is 4.90 Å². The lowest BCUT2D eigenvalue weighted by Crippen LogP contribution is -2.53. The third-order valence-corrected chi connectivity index (χ3v) is 9.29. The highest BCUT2D eigenvalue weighted by molar-refractivity contribution is 8.00. The van der Waals surface area contributed by atoms with E-state index in [4.69, 9.17) is 5.10 Å². The number of anilines is 1. The first-order valence-electron chi connectivity index (χ1n) is 14.3. The van der Waals surface area contributed by atoms with Gasteiger partial charge in [0.1, 0.15) is 18.2 Å². The summed E-state index contributed by atoms with van der Waals surface area (Å²) in [6, 6.07) is 23.9. The van der Waals surface area contributed by atoms with E-state index in [2.05, 4.69) is 19.1 Å². The number of hydrogen-bond acceptors (Lipinski definition) is 5. The topological polar surface area (TPSA) is 78.8 Å². The number of carbonyl (C=O) groups is 3. The van der Waals surface area contributed by atoms with E-state index in [9.17, 15) is 18.8 Å². The number of carbonyl (C=O) groups excluding carboxylic acids is 3. The second-order valence-corrected chi connectivity index (χ2v) is 11.8. The molecule has 2 aliphatic rings. The molecule has 0 saturated carbocycles. The number of hydrogen-bond donors (Lipinski definition) is 0. The van der Waals surface area contributed by atoms with Crippen LogP contribution in [0.5, 0.6) is 0 Å². The largest absolute Gasteiger partial charge is 0.339 e. The van der Waals surface area contributed by atoms with Crippen LogP contribution in [0.15, 0.2) is 78.9 Å². The van der Waals surface area contributed by atoms with Gasteiger partial charge in [-0.05, 0) is 42.3 Å². The maximum absolute atomic E-state index is 14.0. The third kappa shape index (κ3) is 5.67. The number of aromatic nitrogens is 2. The predicted molar refractivity (Wildman–Crippen MR) is 166 cm³/mol. The Morgan fingerprint density at radius 3 is 2.23 bits per heavy atom. The molecule has 10 heteroatoms. The summed E-state index contributed by atoms with van der Waals surface area (Å²) in [5, 5.41) is 4.81. The van der Waals surface area contributed by atoms with Crippen molar-refractivity contribution in [3.8, 4) is 16.9 Å². The zero-order valence-corrected chi connectivity index (χ0v) is 24.9. The minimum atomic E-state index is -0.383. The average Bonchev–Trinajstić information content (AvgIpc) is 3.35. The summed E-state index contributed by atoms with van der Waals surface area (Å²) >= 11 is 1.52. The molecule has 8 nitrogen and oxygen atoms in total. The highest BCUT2D eigenvalue weighted by Crippen LogP contribution is 2.49. The van der Waals surface area contributed by atoms with Crippen LogP contribution in [-0.4, -0.2) is 75.8 Å². The summed E-state index contributed by atoms with van der Waals surface area (Å²) in [7, 11) is 0. The first kappa shape index (κ1) is 28.7. The highest BCUT2D eigenvalue weighted by Gasteiger charge is 2.39. The van der Waals surface area contributed by atoms with Crippen LogP contribution in [-0.2, 0) is 14.4 Å². The minimum absolute atomic E-state index is 0.0182. The summed E-state index contributed by atoms with van der Waals surface area (Å²) in [5.74, 6) is -0.140. The normalized spacial score (nSPS) is 17.0. The molecule has 3 amide bonds. The van der Waals surface area contributed by atoms with E-state index in [1.807, 2.05) is 42.5 Å². The van der Waals surface area contributed by atoms with Gasteiger partial charge in [-0.25, -0.2) is 9.07 Å². The van der Waals surface area contributed by atoms with Crippen molar-refractivity contribution in [2.24, 2.45) is 0 Å². The van der Waals surface area contributed by atoms with Crippen LogP contribution >= 0.6 is 11.8 Å². The summed E-state index contributed by atoms with van der Waals surface area (Å²) in [6.07, 6.45) is 0. The zero-order chi connectivity index (χ0) is 30.1. The fourth-order valence-corrected chi connectivity index (χ4v) is 7.02. The monoisotopic (exact) mass is 597 g/mol. The van der Waals surface area contributed by atoms with Gasteiger partial charge in [0.15, 0.2) is 0 Å². The number of rotatable bonds is 5. The van der Waals surface area contributed by atoms with Gasteiger partial charge in [0.25, 0.3) is 0 Å². The van der Waals surface area contributed by atoms with Crippen molar-refractivity contribution in [1.82, 2.24) is 19.6 Å². The summed E-state index contributed by atoms with van der Waals surface area (Å²) < 4.78 is 15.7. The molecular formula is C33H32FN5O3S. The Bertz CT molecular complexity index is 1670. The molecule has 3 heterocycles. The zero-order valence-electron chi connectivity index (χ0n) is 24.1. The van der Waals surface area contributed by atoms with E-state index in [1.165, 1.54) is 30.8 Å². The van der Waals surface area contributed by atoms with Gasteiger partial charge in [-0.2, -0.15) is 5.10 Å². The van der Waals surface area contributed by atoms with Crippen molar-refractivity contribution in [3.05, 3.63) is 101 Å². The number of halogens is 1. The van der Waals surface area contributed by atoms with Crippen molar-refractivity contribution in [3.63, 3.8) is 0 Å². The number of aryl methyl sites for hydroxylation is 1. The summed E-state index contributed by atoms with van der Waals surface area (Å²) in [5.41, 5.74) is 5.12. The summed E-state index contributed by atoms with van der Waals surface area (Å²) in [4.78, 5) is 44.5. The molecule has 1 aromatic heterocycles. The smallest absolute Gasteiger partial charge is 0.242 e. The maximum Gasteiger partial charge on any atom is 0.242 e. The molecule has 1 atom stereocenters. The van der Waals surface area contributed by atoms with Crippen molar-refractivity contribution in [1.29, 1.82) is 0 Å². The third-order valence-electron chi connectivity index (χ3n) is 8.05. The van der Waals surface area contributed by atoms with Gasteiger partial charge >= 0.3 is 0 Å². The number of nitrogens with zero attached hydrogens (tertiary/aromatic N) is 5. The number of thioether (sulfide) groups is 1. The van der Waals surface area contributed by atoms with E-state index in [0.717, 1.165) is 22.3 Å². The van der Waals surface area contributed by atoms with Crippen LogP contribution in [0.25, 0.3) is 16.9 Å². The molecule has 0 radical (unpaired) electrons. The Labute approximate surface area is 254 Å². The fourth-order valence-electron chi connectivity index (χ4n) is 5.72. The first-order valence-corrected chi connectivity index (χ1v) is 15.3. The Morgan fingerprint density at radius 1 is 0.907 bits per heavy atom. The predicted octanol–water partition coefficient (Wildman–Crippen LogP) is 4.85. The van der Waals surface area contributed by atoms with Gasteiger partial charge in [-0.1, -0.05) is 54.6 Å². The SMILES string of the molecule is CC(=O)N1CCN(C(=O)CN2C(=O)CS[C@H](c3ccccc3C)c3c(-c4ccccc4)nn(-c4ccc(F)cc4)c32)CC1. The molecule has 1 fully saturated rings. The molecule has 43 heavy (non-hydrogen) atoms. The Hall–Kier alpha value is -4.44. The van der Waals surface area contributed by atoms with Crippen molar-refractivity contribution in [2.75, 3.05) is 43.4 Å². The van der Waals surface area contributed by atoms with Crippen molar-refractivity contribution >= 4 is 35.3 Å². The molecule has 0 aliphatic carbocycles. The van der Waals surface area contributed by atoms with Gasteiger partial charge in [0, 0.05) is 44.2 Å². The fraction of sp³-hybridized carbons (Fsp3) is 0.273. The van der Waals surface area contributed by atoms with E-state index < -0.39 is 0 Å². The Morgan fingerprint density at radius 2 is 1.56 bits per heavy atom. The molecular weight excluding hydrogens is 565 g/mol. The van der Waals surface area contributed by atoms with Crippen LogP contribution in [0.1, 0.15) is 28.9 Å². The van der Waals surface area contributed by atoms with E-state index >= 15 is 0 Å². The van der Waals surface area contributed by atoms with Gasteiger partial charge < -0.3 is 9.80 Å². The number of piperazine rings is 1. The molecule has 3 aromatic carbocycles. The quantitative estimate of drug-likeness (QED) is 0.329. The van der Waals surface area contributed by atoms with Gasteiger partial charge in [0.2, 0.25) is 17.7 Å². The molecule has 0 bridgehead atoms. The van der Waals surface area contributed by atoms with E-state index in [-0.39, 0.29) is 41.1 Å². The van der Waals surface area contributed by atoms with E-state index in [0.29, 0.717) is 43.4 Å². The Kier molecular flexibility index (Phi) is 8.03. The second-order valence-electron chi connectivity index (χ2n) is 10.8. The van der Waals surface area contributed by atoms with Crippen molar-refractivity contribution in [2.45, 2.75) is 19.1 Å². The maximum atomic E-state index is 14.0. The lowest BCUT2D eigenvalue weighted by atomic mass is 9.97.